The van der Waals surface area contributed by atoms with Crippen molar-refractivity contribution in [2.75, 3.05) is 27.4 Å². The Morgan fingerprint density at radius 3 is 2.45 bits per heavy atom. The summed E-state index contributed by atoms with van der Waals surface area (Å²) in [5, 5.41) is 4.72. The molecule has 208 valence electrons. The van der Waals surface area contributed by atoms with Crippen LogP contribution in [0, 0.1) is 6.92 Å². The molecule has 2 heterocycles. The number of nitrogens with zero attached hydrogens (tertiary/aromatic N) is 2. The smallest absolute Gasteiger partial charge is 0.260 e. The van der Waals surface area contributed by atoms with Gasteiger partial charge in [-0.2, -0.15) is 0 Å². The normalized spacial score (nSPS) is 14.7. The van der Waals surface area contributed by atoms with Crippen molar-refractivity contribution in [1.29, 1.82) is 0 Å². The third-order valence-electron chi connectivity index (χ3n) is 7.42. The second-order valence-corrected chi connectivity index (χ2v) is 10.6. The van der Waals surface area contributed by atoms with Crippen molar-refractivity contribution < 1.29 is 23.5 Å². The zero-order chi connectivity index (χ0) is 28.4. The summed E-state index contributed by atoms with van der Waals surface area (Å²) in [6.45, 7) is 6.79. The number of carbonyl (C=O) groups is 1. The van der Waals surface area contributed by atoms with E-state index < -0.39 is 6.04 Å². The van der Waals surface area contributed by atoms with Gasteiger partial charge >= 0.3 is 0 Å². The van der Waals surface area contributed by atoms with Gasteiger partial charge in [-0.3, -0.25) is 4.79 Å². The van der Waals surface area contributed by atoms with Crippen molar-refractivity contribution in [3.8, 4) is 28.5 Å². The fourth-order valence-electron chi connectivity index (χ4n) is 5.18. The highest BCUT2D eigenvalue weighted by molar-refractivity contribution is 6.33. The summed E-state index contributed by atoms with van der Waals surface area (Å²) in [4.78, 5) is 16.1. The SMILES string of the molecule is COc1cc2c(cc1OC)C(COc1ccc(C(C)C)cc1)N(C(=O)c1c(-c3ccccc3Cl)noc1C)CC2. The van der Waals surface area contributed by atoms with Crippen LogP contribution in [0.3, 0.4) is 0 Å². The van der Waals surface area contributed by atoms with E-state index in [1.165, 1.54) is 5.56 Å². The summed E-state index contributed by atoms with van der Waals surface area (Å²) >= 11 is 6.48. The second-order valence-electron chi connectivity index (χ2n) is 10.1. The van der Waals surface area contributed by atoms with Gasteiger partial charge < -0.3 is 23.6 Å². The van der Waals surface area contributed by atoms with Crippen molar-refractivity contribution in [2.24, 2.45) is 0 Å². The number of methoxy groups -OCH3 is 2. The molecule has 8 heteroatoms. The molecule has 0 spiro atoms. The number of benzene rings is 3. The Kier molecular flexibility index (Phi) is 8.03. The summed E-state index contributed by atoms with van der Waals surface area (Å²) in [5.74, 6) is 2.65. The summed E-state index contributed by atoms with van der Waals surface area (Å²) in [7, 11) is 3.23. The Morgan fingerprint density at radius 2 is 1.77 bits per heavy atom. The molecule has 0 radical (unpaired) electrons. The van der Waals surface area contributed by atoms with Crippen LogP contribution < -0.4 is 14.2 Å². The second kappa shape index (κ2) is 11.6. The van der Waals surface area contributed by atoms with Crippen LogP contribution >= 0.6 is 11.6 Å². The Morgan fingerprint density at radius 1 is 1.07 bits per heavy atom. The van der Waals surface area contributed by atoms with Crippen molar-refractivity contribution in [2.45, 2.75) is 39.2 Å². The molecular weight excluding hydrogens is 528 g/mol. The lowest BCUT2D eigenvalue weighted by molar-refractivity contribution is 0.0588. The van der Waals surface area contributed by atoms with E-state index in [1.807, 2.05) is 47.4 Å². The van der Waals surface area contributed by atoms with Gasteiger partial charge in [-0.25, -0.2) is 0 Å². The highest BCUT2D eigenvalue weighted by atomic mass is 35.5. The number of rotatable bonds is 8. The van der Waals surface area contributed by atoms with E-state index in [0.717, 1.165) is 16.9 Å². The Bertz CT molecular complexity index is 1510. The summed E-state index contributed by atoms with van der Waals surface area (Å²) in [6.07, 6.45) is 0.646. The highest BCUT2D eigenvalue weighted by Gasteiger charge is 2.36. The third kappa shape index (κ3) is 5.26. The van der Waals surface area contributed by atoms with Gasteiger partial charge in [0, 0.05) is 12.1 Å². The largest absolute Gasteiger partial charge is 0.493 e. The summed E-state index contributed by atoms with van der Waals surface area (Å²) < 4.78 is 23.0. The van der Waals surface area contributed by atoms with E-state index in [-0.39, 0.29) is 12.5 Å². The molecule has 0 fully saturated rings. The molecule has 0 bridgehead atoms. The zero-order valence-corrected chi connectivity index (χ0v) is 24.1. The predicted octanol–water partition coefficient (Wildman–Crippen LogP) is 7.26. The number of carbonyl (C=O) groups excluding carboxylic acids is 1. The van der Waals surface area contributed by atoms with Gasteiger partial charge in [0.1, 0.15) is 29.4 Å². The average Bonchev–Trinajstić information content (AvgIpc) is 3.35. The lowest BCUT2D eigenvalue weighted by Crippen LogP contribution is -2.43. The van der Waals surface area contributed by atoms with Crippen molar-refractivity contribution in [1.82, 2.24) is 10.1 Å². The molecule has 1 aliphatic rings. The first-order valence-electron chi connectivity index (χ1n) is 13.3. The van der Waals surface area contributed by atoms with Crippen molar-refractivity contribution >= 4 is 17.5 Å². The number of hydrogen-bond acceptors (Lipinski definition) is 6. The van der Waals surface area contributed by atoms with Gasteiger partial charge in [0.05, 0.1) is 25.3 Å². The molecule has 0 N–H and O–H groups in total. The summed E-state index contributed by atoms with van der Waals surface area (Å²) in [6, 6.07) is 18.9. The molecule has 4 aromatic rings. The quantitative estimate of drug-likeness (QED) is 0.226. The molecule has 0 saturated heterocycles. The van der Waals surface area contributed by atoms with E-state index >= 15 is 0 Å². The standard InChI is InChI=1S/C32H33ClN2O5/c1-19(2)21-10-12-23(13-11-21)39-18-27-25-17-29(38-5)28(37-4)16-22(25)14-15-35(27)32(36)30-20(3)40-34-31(30)24-8-6-7-9-26(24)33/h6-13,16-17,19,27H,14-15,18H2,1-5H3. The summed E-state index contributed by atoms with van der Waals surface area (Å²) in [5.41, 5.74) is 4.73. The average molecular weight is 561 g/mol. The van der Waals surface area contributed by atoms with E-state index in [0.29, 0.717) is 58.0 Å². The number of fused-ring (bicyclic) bond motifs is 1. The van der Waals surface area contributed by atoms with Crippen LogP contribution in [0.5, 0.6) is 17.2 Å². The molecule has 1 atom stereocenters. The fraction of sp³-hybridized carbons (Fsp3) is 0.312. The Hall–Kier alpha value is -3.97. The maximum atomic E-state index is 14.3. The van der Waals surface area contributed by atoms with Gasteiger partial charge in [-0.05, 0) is 66.3 Å². The van der Waals surface area contributed by atoms with Crippen LogP contribution in [0.25, 0.3) is 11.3 Å². The molecule has 0 aliphatic carbocycles. The third-order valence-corrected chi connectivity index (χ3v) is 7.75. The van der Waals surface area contributed by atoms with E-state index in [2.05, 4.69) is 31.1 Å². The van der Waals surface area contributed by atoms with Gasteiger partial charge in [0.2, 0.25) is 0 Å². The highest BCUT2D eigenvalue weighted by Crippen LogP contribution is 2.40. The molecule has 7 nitrogen and oxygen atoms in total. The van der Waals surface area contributed by atoms with E-state index in [9.17, 15) is 4.79 Å². The first kappa shape index (κ1) is 27.6. The molecule has 40 heavy (non-hydrogen) atoms. The Labute approximate surface area is 239 Å². The van der Waals surface area contributed by atoms with Crippen LogP contribution in [-0.4, -0.2) is 43.3 Å². The molecule has 3 aromatic carbocycles. The minimum absolute atomic E-state index is 0.196. The van der Waals surface area contributed by atoms with Gasteiger partial charge in [0.15, 0.2) is 11.5 Å². The predicted molar refractivity (Wildman–Crippen MR) is 155 cm³/mol. The van der Waals surface area contributed by atoms with E-state index in [1.54, 1.807) is 27.2 Å². The maximum Gasteiger partial charge on any atom is 0.260 e. The topological polar surface area (TPSA) is 74.0 Å². The molecule has 0 saturated carbocycles. The molecular formula is C32H33ClN2O5. The number of halogens is 1. The number of aryl methyl sites for hydroxylation is 1. The minimum atomic E-state index is -0.394. The monoisotopic (exact) mass is 560 g/mol. The number of aromatic nitrogens is 1. The first-order chi connectivity index (χ1) is 19.3. The van der Waals surface area contributed by atoms with Crippen molar-refractivity contribution in [3.05, 3.63) is 93.7 Å². The van der Waals surface area contributed by atoms with Crippen LogP contribution in [0.15, 0.2) is 65.2 Å². The first-order valence-corrected chi connectivity index (χ1v) is 13.7. The molecule has 1 aromatic heterocycles. The lowest BCUT2D eigenvalue weighted by Gasteiger charge is -2.37. The van der Waals surface area contributed by atoms with Gasteiger partial charge in [0.25, 0.3) is 5.91 Å². The Balaban J connectivity index is 1.54. The molecule has 1 unspecified atom stereocenters. The number of hydrogen-bond donors (Lipinski definition) is 0. The maximum absolute atomic E-state index is 14.3. The molecule has 1 aliphatic heterocycles. The number of ether oxygens (including phenoxy) is 3. The number of amides is 1. The van der Waals surface area contributed by atoms with Crippen molar-refractivity contribution in [3.63, 3.8) is 0 Å². The van der Waals surface area contributed by atoms with Crippen LogP contribution in [0.4, 0.5) is 0 Å². The molecule has 1 amide bonds. The lowest BCUT2D eigenvalue weighted by atomic mass is 9.91. The van der Waals surface area contributed by atoms with Crippen LogP contribution in [0.1, 0.15) is 58.6 Å². The zero-order valence-electron chi connectivity index (χ0n) is 23.4. The fourth-order valence-corrected chi connectivity index (χ4v) is 5.41. The van der Waals surface area contributed by atoms with E-state index in [4.69, 9.17) is 30.3 Å². The molecule has 5 rings (SSSR count). The van der Waals surface area contributed by atoms with Crippen LogP contribution in [-0.2, 0) is 6.42 Å². The van der Waals surface area contributed by atoms with Gasteiger partial charge in [-0.1, -0.05) is 60.9 Å². The van der Waals surface area contributed by atoms with Gasteiger partial charge in [-0.15, -0.1) is 0 Å². The minimum Gasteiger partial charge on any atom is -0.493 e. The van der Waals surface area contributed by atoms with Crippen LogP contribution in [0.2, 0.25) is 5.02 Å².